The van der Waals surface area contributed by atoms with Gasteiger partial charge in [0.2, 0.25) is 17.6 Å². The number of fused-ring (bicyclic) bond motifs is 2. The van der Waals surface area contributed by atoms with E-state index >= 15 is 0 Å². The van der Waals surface area contributed by atoms with Crippen molar-refractivity contribution < 1.29 is 18.8 Å². The number of amides is 3. The second-order valence-corrected chi connectivity index (χ2v) is 9.52. The van der Waals surface area contributed by atoms with E-state index in [2.05, 4.69) is 20.2 Å². The van der Waals surface area contributed by atoms with Crippen LogP contribution in [-0.4, -0.2) is 61.0 Å². The zero-order valence-corrected chi connectivity index (χ0v) is 19.1. The first-order valence-electron chi connectivity index (χ1n) is 11.9. The summed E-state index contributed by atoms with van der Waals surface area (Å²) in [4.78, 5) is 49.7. The first kappa shape index (κ1) is 21.8. The molecule has 35 heavy (non-hydrogen) atoms. The predicted octanol–water partition coefficient (Wildman–Crippen LogP) is 2.01. The number of carbonyl (C=O) groups excluding carboxylic acids is 3. The van der Waals surface area contributed by atoms with Gasteiger partial charge in [-0.05, 0) is 67.6 Å². The standard InChI is InChI=1S/C25H25FN6O3/c26-16-11-18(20-14-32(24(35)19(20)12-16)21-1-2-22(33)29-23(21)34)15-3-7-30(8-4-15)13-17-5-9-31-10-6-27-25(31)28-17/h5-6,9-12,15,21H,1-4,7-8,13-14H2,(H,29,33,34). The van der Waals surface area contributed by atoms with Gasteiger partial charge in [0.05, 0.1) is 5.69 Å². The molecule has 5 heterocycles. The average molecular weight is 477 g/mol. The summed E-state index contributed by atoms with van der Waals surface area (Å²) in [6, 6.07) is 4.12. The highest BCUT2D eigenvalue weighted by Crippen LogP contribution is 2.38. The van der Waals surface area contributed by atoms with Crippen LogP contribution in [0.2, 0.25) is 0 Å². The molecule has 0 aliphatic carbocycles. The minimum atomic E-state index is -0.703. The van der Waals surface area contributed by atoms with E-state index in [1.165, 1.54) is 11.0 Å². The van der Waals surface area contributed by atoms with Crippen molar-refractivity contribution in [3.63, 3.8) is 0 Å². The molecule has 0 spiro atoms. The Morgan fingerprint density at radius 1 is 1.09 bits per heavy atom. The van der Waals surface area contributed by atoms with E-state index in [4.69, 9.17) is 0 Å². The van der Waals surface area contributed by atoms with Crippen molar-refractivity contribution in [2.75, 3.05) is 13.1 Å². The number of hydrogen-bond donors (Lipinski definition) is 1. The lowest BCUT2D eigenvalue weighted by molar-refractivity contribution is -0.136. The Bertz CT molecular complexity index is 1350. The molecule has 2 aromatic heterocycles. The number of benzene rings is 1. The Morgan fingerprint density at radius 2 is 1.91 bits per heavy atom. The molecule has 0 bridgehead atoms. The quantitative estimate of drug-likeness (QED) is 0.579. The van der Waals surface area contributed by atoms with Crippen molar-refractivity contribution in [2.24, 2.45) is 0 Å². The molecule has 0 saturated carbocycles. The highest BCUT2D eigenvalue weighted by molar-refractivity contribution is 6.05. The normalized spacial score (nSPS) is 21.6. The average Bonchev–Trinajstić information content (AvgIpc) is 3.44. The van der Waals surface area contributed by atoms with Crippen LogP contribution in [-0.2, 0) is 22.7 Å². The lowest BCUT2D eigenvalue weighted by Crippen LogP contribution is -2.52. The molecule has 3 amide bonds. The molecule has 6 rings (SSSR count). The number of imidazole rings is 1. The smallest absolute Gasteiger partial charge is 0.255 e. The topological polar surface area (TPSA) is 99.9 Å². The molecule has 180 valence electrons. The fraction of sp³-hybridized carbons (Fsp3) is 0.400. The monoisotopic (exact) mass is 476 g/mol. The van der Waals surface area contributed by atoms with E-state index in [1.54, 1.807) is 12.3 Å². The lowest BCUT2D eigenvalue weighted by atomic mass is 9.85. The Kier molecular flexibility index (Phi) is 5.32. The van der Waals surface area contributed by atoms with Crippen molar-refractivity contribution in [2.45, 2.75) is 50.7 Å². The van der Waals surface area contributed by atoms with E-state index < -0.39 is 17.8 Å². The number of hydrogen-bond acceptors (Lipinski definition) is 6. The van der Waals surface area contributed by atoms with Gasteiger partial charge < -0.3 is 4.90 Å². The van der Waals surface area contributed by atoms with Gasteiger partial charge in [-0.3, -0.25) is 29.0 Å². The van der Waals surface area contributed by atoms with E-state index in [1.807, 2.05) is 22.9 Å². The minimum absolute atomic E-state index is 0.132. The molecule has 1 unspecified atom stereocenters. The number of rotatable bonds is 4. The van der Waals surface area contributed by atoms with Crippen molar-refractivity contribution in [3.8, 4) is 0 Å². The van der Waals surface area contributed by atoms with Crippen molar-refractivity contribution in [1.29, 1.82) is 0 Å². The van der Waals surface area contributed by atoms with Gasteiger partial charge in [-0.15, -0.1) is 0 Å². The second-order valence-electron chi connectivity index (χ2n) is 9.52. The van der Waals surface area contributed by atoms with Gasteiger partial charge in [-0.25, -0.2) is 14.4 Å². The summed E-state index contributed by atoms with van der Waals surface area (Å²) in [6.45, 7) is 2.66. The van der Waals surface area contributed by atoms with Crippen molar-refractivity contribution in [3.05, 3.63) is 65.0 Å². The number of likely N-dealkylation sites (tertiary alicyclic amines) is 1. The molecule has 3 aliphatic heterocycles. The molecule has 2 fully saturated rings. The Balaban J connectivity index is 1.17. The third kappa shape index (κ3) is 3.97. The Hall–Kier alpha value is -3.66. The van der Waals surface area contributed by atoms with Gasteiger partial charge in [0, 0.05) is 43.7 Å². The van der Waals surface area contributed by atoms with E-state index in [0.29, 0.717) is 17.8 Å². The van der Waals surface area contributed by atoms with E-state index in [0.717, 1.165) is 49.3 Å². The fourth-order valence-corrected chi connectivity index (χ4v) is 5.58. The van der Waals surface area contributed by atoms with Crippen LogP contribution in [0.5, 0.6) is 0 Å². The van der Waals surface area contributed by atoms with Gasteiger partial charge in [0.25, 0.3) is 5.91 Å². The number of aromatic nitrogens is 3. The van der Waals surface area contributed by atoms with Crippen molar-refractivity contribution >= 4 is 23.5 Å². The first-order chi connectivity index (χ1) is 17.0. The maximum Gasteiger partial charge on any atom is 0.255 e. The van der Waals surface area contributed by atoms with E-state index in [9.17, 15) is 18.8 Å². The third-order valence-corrected chi connectivity index (χ3v) is 7.39. The van der Waals surface area contributed by atoms with Gasteiger partial charge in [-0.1, -0.05) is 0 Å². The van der Waals surface area contributed by atoms with Gasteiger partial charge in [0.1, 0.15) is 11.9 Å². The molecule has 0 radical (unpaired) electrons. The molecule has 9 nitrogen and oxygen atoms in total. The maximum atomic E-state index is 14.6. The van der Waals surface area contributed by atoms with Crippen molar-refractivity contribution in [1.82, 2.24) is 29.5 Å². The molecule has 2 saturated heterocycles. The van der Waals surface area contributed by atoms with E-state index in [-0.39, 0.29) is 30.7 Å². The SMILES string of the molecule is O=C1CCC(N2Cc3c(cc(F)cc3C3CCN(Cc4ccn5ccnc5n4)CC3)C2=O)C(=O)N1. The molecular formula is C25H25FN6O3. The molecule has 1 N–H and O–H groups in total. The maximum absolute atomic E-state index is 14.6. The van der Waals surface area contributed by atoms with Crippen LogP contribution in [0.1, 0.15) is 58.8 Å². The third-order valence-electron chi connectivity index (χ3n) is 7.39. The summed E-state index contributed by atoms with van der Waals surface area (Å²) in [5, 5.41) is 2.31. The highest BCUT2D eigenvalue weighted by Gasteiger charge is 2.41. The highest BCUT2D eigenvalue weighted by atomic mass is 19.1. The number of nitrogens with zero attached hydrogens (tertiary/aromatic N) is 5. The Morgan fingerprint density at radius 3 is 2.71 bits per heavy atom. The Labute approximate surface area is 200 Å². The molecule has 1 aromatic carbocycles. The largest absolute Gasteiger partial charge is 0.322 e. The lowest BCUT2D eigenvalue weighted by Gasteiger charge is -2.33. The zero-order valence-electron chi connectivity index (χ0n) is 19.1. The van der Waals surface area contributed by atoms with Crippen LogP contribution < -0.4 is 5.32 Å². The zero-order chi connectivity index (χ0) is 24.1. The summed E-state index contributed by atoms with van der Waals surface area (Å²) in [5.41, 5.74) is 2.97. The number of piperidine rings is 2. The summed E-state index contributed by atoms with van der Waals surface area (Å²) in [5.74, 6) is -0.746. The number of nitrogens with one attached hydrogen (secondary N) is 1. The number of halogens is 1. The van der Waals surface area contributed by atoms with Crippen LogP contribution in [0.25, 0.3) is 5.78 Å². The fourth-order valence-electron chi connectivity index (χ4n) is 5.58. The first-order valence-corrected chi connectivity index (χ1v) is 11.9. The number of carbonyl (C=O) groups is 3. The summed E-state index contributed by atoms with van der Waals surface area (Å²) in [7, 11) is 0. The summed E-state index contributed by atoms with van der Waals surface area (Å²) < 4.78 is 16.5. The molecule has 1 atom stereocenters. The van der Waals surface area contributed by atoms with Crippen LogP contribution in [0.15, 0.2) is 36.8 Å². The summed E-state index contributed by atoms with van der Waals surface area (Å²) in [6.07, 6.45) is 7.71. The number of imide groups is 1. The molecule has 3 aliphatic rings. The van der Waals surface area contributed by atoms with Gasteiger partial charge >= 0.3 is 0 Å². The minimum Gasteiger partial charge on any atom is -0.322 e. The van der Waals surface area contributed by atoms with Gasteiger partial charge in [-0.2, -0.15) is 0 Å². The van der Waals surface area contributed by atoms with Crippen LogP contribution in [0, 0.1) is 5.82 Å². The van der Waals surface area contributed by atoms with Crippen LogP contribution in [0.4, 0.5) is 4.39 Å². The summed E-state index contributed by atoms with van der Waals surface area (Å²) >= 11 is 0. The second kappa shape index (κ2) is 8.53. The van der Waals surface area contributed by atoms with Crippen LogP contribution in [0.3, 0.4) is 0 Å². The molecule has 10 heteroatoms. The molecular weight excluding hydrogens is 451 g/mol. The van der Waals surface area contributed by atoms with Crippen LogP contribution >= 0.6 is 0 Å². The van der Waals surface area contributed by atoms with Gasteiger partial charge in [0.15, 0.2) is 0 Å². The predicted molar refractivity (Wildman–Crippen MR) is 123 cm³/mol. The molecule has 3 aromatic rings.